The number of carbonyl (C=O) groups is 1. The zero-order valence-electron chi connectivity index (χ0n) is 6.16. The van der Waals surface area contributed by atoms with Crippen molar-refractivity contribution in [3.8, 4) is 0 Å². The summed E-state index contributed by atoms with van der Waals surface area (Å²) in [6.45, 7) is 0. The van der Waals surface area contributed by atoms with E-state index >= 15 is 0 Å². The molecule has 12 heavy (non-hydrogen) atoms. The van der Waals surface area contributed by atoms with Gasteiger partial charge in [0.05, 0.1) is 6.42 Å². The molecule has 0 radical (unpaired) electrons. The number of hydrogen-bond acceptors (Lipinski definition) is 3. The maximum absolute atomic E-state index is 12.8. The normalized spacial score (nSPS) is 12.8. The van der Waals surface area contributed by atoms with Crippen molar-refractivity contribution in [3.05, 3.63) is 22.1 Å². The van der Waals surface area contributed by atoms with E-state index < -0.39 is 17.1 Å². The van der Waals surface area contributed by atoms with E-state index in [1.807, 2.05) is 0 Å². The van der Waals surface area contributed by atoms with Crippen molar-refractivity contribution in [1.29, 1.82) is 0 Å². The van der Waals surface area contributed by atoms with Crippen molar-refractivity contribution in [2.24, 2.45) is 5.73 Å². The van der Waals surface area contributed by atoms with Crippen molar-refractivity contribution in [3.63, 3.8) is 0 Å². The number of hydrogen-bond donors (Lipinski definition) is 2. The number of carboxylic acid groups (broad SMARTS) is 1. The minimum atomic E-state index is -1.02. The summed E-state index contributed by atoms with van der Waals surface area (Å²) < 4.78 is 12.8. The highest BCUT2D eigenvalue weighted by Gasteiger charge is 2.15. The van der Waals surface area contributed by atoms with Crippen LogP contribution in [0, 0.1) is 5.13 Å². The Kier molecular flexibility index (Phi) is 2.78. The predicted octanol–water partition coefficient (Wildman–Crippen LogP) is 1.36. The van der Waals surface area contributed by atoms with Gasteiger partial charge in [-0.1, -0.05) is 0 Å². The van der Waals surface area contributed by atoms with E-state index in [4.69, 9.17) is 10.8 Å². The number of thiophene rings is 1. The molecule has 0 aliphatic rings. The Labute approximate surface area is 72.6 Å². The maximum Gasteiger partial charge on any atom is 0.305 e. The van der Waals surface area contributed by atoms with Gasteiger partial charge in [0.1, 0.15) is 0 Å². The van der Waals surface area contributed by atoms with Crippen LogP contribution in [0.4, 0.5) is 4.39 Å². The largest absolute Gasteiger partial charge is 0.481 e. The second kappa shape index (κ2) is 3.64. The molecular weight excluding hydrogens is 181 g/mol. The molecule has 0 aliphatic carbocycles. The molecule has 0 bridgehead atoms. The molecule has 5 heteroatoms. The average Bonchev–Trinajstić information content (AvgIpc) is 2.33. The Morgan fingerprint density at radius 3 is 2.92 bits per heavy atom. The summed E-state index contributed by atoms with van der Waals surface area (Å²) in [7, 11) is 0. The number of carboxylic acids is 1. The summed E-state index contributed by atoms with van der Waals surface area (Å²) in [5.41, 5.74) is 5.71. The predicted molar refractivity (Wildman–Crippen MR) is 43.5 cm³/mol. The third-order valence-electron chi connectivity index (χ3n) is 1.44. The van der Waals surface area contributed by atoms with Crippen LogP contribution in [0.3, 0.4) is 0 Å². The first-order chi connectivity index (χ1) is 5.61. The van der Waals surface area contributed by atoms with Crippen LogP contribution in [-0.2, 0) is 4.79 Å². The third kappa shape index (κ3) is 2.02. The van der Waals surface area contributed by atoms with E-state index in [-0.39, 0.29) is 12.0 Å². The average molecular weight is 189 g/mol. The topological polar surface area (TPSA) is 63.3 Å². The first-order valence-corrected chi connectivity index (χ1v) is 4.19. The first kappa shape index (κ1) is 9.15. The standard InChI is InChI=1S/C7H8FNO2S/c8-7-4(1-2-12-7)5(9)3-6(10)11/h1-2,5H,3,9H2,(H,10,11)/t5-/m1/s1. The second-order valence-electron chi connectivity index (χ2n) is 2.35. The minimum Gasteiger partial charge on any atom is -0.481 e. The molecule has 3 nitrogen and oxygen atoms in total. The van der Waals surface area contributed by atoms with E-state index in [9.17, 15) is 9.18 Å². The fraction of sp³-hybridized carbons (Fsp3) is 0.286. The summed E-state index contributed by atoms with van der Waals surface area (Å²) in [6.07, 6.45) is -0.242. The molecule has 66 valence electrons. The molecule has 1 atom stereocenters. The molecule has 0 aromatic carbocycles. The molecule has 0 fully saturated rings. The van der Waals surface area contributed by atoms with Crippen molar-refractivity contribution in [2.45, 2.75) is 12.5 Å². The van der Waals surface area contributed by atoms with Crippen molar-refractivity contribution >= 4 is 17.3 Å². The van der Waals surface area contributed by atoms with Gasteiger partial charge in [0.15, 0.2) is 5.13 Å². The van der Waals surface area contributed by atoms with Gasteiger partial charge in [-0.15, -0.1) is 11.3 Å². The van der Waals surface area contributed by atoms with Gasteiger partial charge in [-0.25, -0.2) is 0 Å². The minimum absolute atomic E-state index is 0.242. The number of aliphatic carboxylic acids is 1. The van der Waals surface area contributed by atoms with Crippen LogP contribution in [0.15, 0.2) is 11.4 Å². The van der Waals surface area contributed by atoms with Gasteiger partial charge in [-0.3, -0.25) is 4.79 Å². The van der Waals surface area contributed by atoms with Crippen LogP contribution in [-0.4, -0.2) is 11.1 Å². The number of rotatable bonds is 3. The van der Waals surface area contributed by atoms with E-state index in [2.05, 4.69) is 0 Å². The molecule has 1 aromatic rings. The fourth-order valence-electron chi connectivity index (χ4n) is 0.868. The lowest BCUT2D eigenvalue weighted by molar-refractivity contribution is -0.137. The summed E-state index contributed by atoms with van der Waals surface area (Å²) in [5.74, 6) is -1.02. The summed E-state index contributed by atoms with van der Waals surface area (Å²) in [4.78, 5) is 10.2. The van der Waals surface area contributed by atoms with Crippen LogP contribution < -0.4 is 5.73 Å². The Bertz CT molecular complexity index is 287. The van der Waals surface area contributed by atoms with Crippen molar-refractivity contribution < 1.29 is 14.3 Å². The highest BCUT2D eigenvalue weighted by atomic mass is 32.1. The Hall–Kier alpha value is -0.940. The lowest BCUT2D eigenvalue weighted by Gasteiger charge is -2.05. The molecule has 0 saturated heterocycles. The summed E-state index contributed by atoms with van der Waals surface area (Å²) in [6, 6.07) is 0.766. The molecule has 0 unspecified atom stereocenters. The van der Waals surface area contributed by atoms with Crippen LogP contribution in [0.5, 0.6) is 0 Å². The number of halogens is 1. The molecule has 1 aromatic heterocycles. The lowest BCUT2D eigenvalue weighted by atomic mass is 10.1. The van der Waals surface area contributed by atoms with Crippen LogP contribution in [0.2, 0.25) is 0 Å². The molecule has 0 saturated carbocycles. The molecule has 1 heterocycles. The van der Waals surface area contributed by atoms with E-state index in [0.29, 0.717) is 0 Å². The summed E-state index contributed by atoms with van der Waals surface area (Å²) in [5, 5.41) is 9.52. The first-order valence-electron chi connectivity index (χ1n) is 3.31. The highest BCUT2D eigenvalue weighted by Crippen LogP contribution is 2.21. The van der Waals surface area contributed by atoms with Gasteiger partial charge in [0.2, 0.25) is 0 Å². The van der Waals surface area contributed by atoms with Gasteiger partial charge < -0.3 is 10.8 Å². The van der Waals surface area contributed by atoms with Gasteiger partial charge in [-0.05, 0) is 11.4 Å². The summed E-state index contributed by atoms with van der Waals surface area (Å²) >= 11 is 0.920. The molecule has 0 aliphatic heterocycles. The van der Waals surface area contributed by atoms with Crippen LogP contribution in [0.1, 0.15) is 18.0 Å². The maximum atomic E-state index is 12.8. The molecule has 1 rings (SSSR count). The SMILES string of the molecule is N[C@H](CC(=O)O)c1ccsc1F. The monoisotopic (exact) mass is 189 g/mol. The van der Waals surface area contributed by atoms with Crippen LogP contribution >= 0.6 is 11.3 Å². The zero-order chi connectivity index (χ0) is 9.14. The smallest absolute Gasteiger partial charge is 0.305 e. The zero-order valence-corrected chi connectivity index (χ0v) is 6.97. The molecular formula is C7H8FNO2S. The van der Waals surface area contributed by atoms with E-state index in [1.54, 1.807) is 5.38 Å². The van der Waals surface area contributed by atoms with Gasteiger partial charge in [0.25, 0.3) is 0 Å². The Morgan fingerprint density at radius 2 is 2.50 bits per heavy atom. The van der Waals surface area contributed by atoms with Gasteiger partial charge in [-0.2, -0.15) is 4.39 Å². The Balaban J connectivity index is 2.71. The van der Waals surface area contributed by atoms with E-state index in [1.165, 1.54) is 6.07 Å². The second-order valence-corrected chi connectivity index (χ2v) is 3.22. The molecule has 0 spiro atoms. The molecule has 3 N–H and O–H groups in total. The van der Waals surface area contributed by atoms with Crippen molar-refractivity contribution in [1.82, 2.24) is 0 Å². The highest BCUT2D eigenvalue weighted by molar-refractivity contribution is 7.08. The Morgan fingerprint density at radius 1 is 1.83 bits per heavy atom. The molecule has 0 amide bonds. The lowest BCUT2D eigenvalue weighted by Crippen LogP contribution is -2.15. The quantitative estimate of drug-likeness (QED) is 0.754. The van der Waals surface area contributed by atoms with Gasteiger partial charge in [0, 0.05) is 11.6 Å². The van der Waals surface area contributed by atoms with E-state index in [0.717, 1.165) is 11.3 Å². The van der Waals surface area contributed by atoms with Crippen LogP contribution in [0.25, 0.3) is 0 Å². The van der Waals surface area contributed by atoms with Gasteiger partial charge >= 0.3 is 5.97 Å². The number of nitrogens with two attached hydrogens (primary N) is 1. The third-order valence-corrected chi connectivity index (χ3v) is 2.15. The fourth-order valence-corrected chi connectivity index (χ4v) is 1.56. The van der Waals surface area contributed by atoms with Crippen molar-refractivity contribution in [2.75, 3.05) is 0 Å².